The maximum Gasteiger partial charge on any atom is 0.218 e. The second-order valence-corrected chi connectivity index (χ2v) is 9.35. The van der Waals surface area contributed by atoms with Gasteiger partial charge in [0.15, 0.2) is 0 Å². The molecule has 4 aromatic rings. The van der Waals surface area contributed by atoms with Crippen molar-refractivity contribution in [3.63, 3.8) is 0 Å². The number of fused-ring (bicyclic) bond motifs is 2. The molecule has 32 heavy (non-hydrogen) atoms. The molecule has 5 rings (SSSR count). The van der Waals surface area contributed by atoms with Crippen LogP contribution in [0.1, 0.15) is 22.5 Å². The molecule has 2 heterocycles. The van der Waals surface area contributed by atoms with Crippen molar-refractivity contribution in [3.8, 4) is 5.75 Å². The molecule has 6 heteroatoms. The third kappa shape index (κ3) is 4.10. The Bertz CT molecular complexity index is 1310. The molecule has 1 aliphatic rings. The first-order valence-corrected chi connectivity index (χ1v) is 12.3. The summed E-state index contributed by atoms with van der Waals surface area (Å²) < 4.78 is 18.2. The molecule has 0 radical (unpaired) electrons. The number of benzene rings is 3. The normalized spacial score (nSPS) is 14.2. The summed E-state index contributed by atoms with van der Waals surface area (Å²) >= 11 is 0. The van der Waals surface area contributed by atoms with Crippen LogP contribution in [0.4, 0.5) is 5.69 Å². The van der Waals surface area contributed by atoms with Crippen LogP contribution in [0.2, 0.25) is 0 Å². The quantitative estimate of drug-likeness (QED) is 0.414. The number of ether oxygens (including phenoxy) is 1. The second-order valence-electron chi connectivity index (χ2n) is 8.08. The first-order chi connectivity index (χ1) is 15.6. The molecule has 0 N–H and O–H groups in total. The zero-order chi connectivity index (χ0) is 22.1. The molecule has 1 atom stereocenters. The Kier molecular flexibility index (Phi) is 5.62. The Morgan fingerprint density at radius 2 is 1.81 bits per heavy atom. The highest BCUT2D eigenvalue weighted by atomic mass is 32.2. The van der Waals surface area contributed by atoms with E-state index in [0.717, 1.165) is 46.7 Å². The van der Waals surface area contributed by atoms with E-state index in [1.165, 1.54) is 10.9 Å². The van der Waals surface area contributed by atoms with E-state index in [1.54, 1.807) is 6.26 Å². The van der Waals surface area contributed by atoms with Gasteiger partial charge in [0.2, 0.25) is 5.16 Å². The summed E-state index contributed by atoms with van der Waals surface area (Å²) in [5.41, 5.74) is 5.35. The van der Waals surface area contributed by atoms with Crippen LogP contribution in [-0.2, 0) is 30.4 Å². The molecule has 5 nitrogen and oxygen atoms in total. The number of anilines is 1. The first-order valence-electron chi connectivity index (χ1n) is 10.7. The molecule has 0 fully saturated rings. The Morgan fingerprint density at radius 3 is 2.62 bits per heavy atom. The van der Waals surface area contributed by atoms with Gasteiger partial charge in [-0.25, -0.2) is 9.97 Å². The molecule has 0 saturated heterocycles. The SMILES string of the molecule is Cc1nc(S(C)=O)nc2c1CCN(c1cc(OCc3ccccc3)cc3ccccc13)C2. The molecular formula is C26H25N3O2S. The van der Waals surface area contributed by atoms with E-state index in [0.29, 0.717) is 18.3 Å². The lowest BCUT2D eigenvalue weighted by molar-refractivity contribution is 0.306. The smallest absolute Gasteiger partial charge is 0.218 e. The predicted octanol–water partition coefficient (Wildman–Crippen LogP) is 4.82. The first kappa shape index (κ1) is 20.6. The standard InChI is InChI=1S/C26H25N3O2S/c1-18-22-12-13-29(16-24(22)28-26(27-18)32(2)30)25-15-21(14-20-10-6-7-11-23(20)25)31-17-19-8-4-3-5-9-19/h3-11,14-15H,12-13,16-17H2,1-2H3. The van der Waals surface area contributed by atoms with Gasteiger partial charge in [-0.15, -0.1) is 0 Å². The van der Waals surface area contributed by atoms with Crippen molar-refractivity contribution >= 4 is 27.3 Å². The molecule has 1 unspecified atom stereocenters. The third-order valence-electron chi connectivity index (χ3n) is 5.91. The highest BCUT2D eigenvalue weighted by Gasteiger charge is 2.23. The van der Waals surface area contributed by atoms with Crippen molar-refractivity contribution < 1.29 is 8.95 Å². The van der Waals surface area contributed by atoms with Gasteiger partial charge >= 0.3 is 0 Å². The minimum atomic E-state index is -1.20. The number of nitrogens with zero attached hydrogens (tertiary/aromatic N) is 3. The van der Waals surface area contributed by atoms with E-state index in [2.05, 4.69) is 63.4 Å². The van der Waals surface area contributed by atoms with Gasteiger partial charge in [-0.3, -0.25) is 4.21 Å². The van der Waals surface area contributed by atoms with Crippen LogP contribution < -0.4 is 9.64 Å². The summed E-state index contributed by atoms with van der Waals surface area (Å²) in [6.07, 6.45) is 2.49. The van der Waals surface area contributed by atoms with Crippen LogP contribution in [-0.4, -0.2) is 27.0 Å². The summed E-state index contributed by atoms with van der Waals surface area (Å²) in [5, 5.41) is 2.74. The molecule has 1 aliphatic heterocycles. The number of aromatic nitrogens is 2. The topological polar surface area (TPSA) is 55.3 Å². The average Bonchev–Trinajstić information content (AvgIpc) is 2.82. The molecular weight excluding hydrogens is 418 g/mol. The van der Waals surface area contributed by atoms with E-state index in [9.17, 15) is 4.21 Å². The summed E-state index contributed by atoms with van der Waals surface area (Å²) in [6.45, 7) is 4.05. The molecule has 0 amide bonds. The van der Waals surface area contributed by atoms with Gasteiger partial charge < -0.3 is 9.64 Å². The second kappa shape index (κ2) is 8.71. The fourth-order valence-corrected chi connectivity index (χ4v) is 4.78. The van der Waals surface area contributed by atoms with Crippen LogP contribution in [0.5, 0.6) is 5.75 Å². The van der Waals surface area contributed by atoms with Gasteiger partial charge in [0.1, 0.15) is 12.4 Å². The largest absolute Gasteiger partial charge is 0.489 e. The Balaban J connectivity index is 1.50. The van der Waals surface area contributed by atoms with Crippen LogP contribution in [0, 0.1) is 6.92 Å². The molecule has 3 aromatic carbocycles. The summed E-state index contributed by atoms with van der Waals surface area (Å²) in [7, 11) is -1.20. The van der Waals surface area contributed by atoms with Gasteiger partial charge in [0, 0.05) is 35.6 Å². The van der Waals surface area contributed by atoms with E-state index in [4.69, 9.17) is 4.74 Å². The van der Waals surface area contributed by atoms with Crippen LogP contribution in [0.25, 0.3) is 10.8 Å². The average molecular weight is 444 g/mol. The van der Waals surface area contributed by atoms with Crippen LogP contribution >= 0.6 is 0 Å². The van der Waals surface area contributed by atoms with Crippen LogP contribution in [0.15, 0.2) is 71.9 Å². The Hall–Kier alpha value is -3.25. The molecule has 0 bridgehead atoms. The number of hydrogen-bond acceptors (Lipinski definition) is 5. The van der Waals surface area contributed by atoms with Gasteiger partial charge in [-0.1, -0.05) is 54.6 Å². The third-order valence-corrected chi connectivity index (χ3v) is 6.61. The van der Waals surface area contributed by atoms with Crippen molar-refractivity contribution in [2.75, 3.05) is 17.7 Å². The zero-order valence-corrected chi connectivity index (χ0v) is 19.1. The lowest BCUT2D eigenvalue weighted by Crippen LogP contribution is -2.32. The minimum absolute atomic E-state index is 0.410. The molecule has 0 aliphatic carbocycles. The Labute approximate surface area is 190 Å². The van der Waals surface area contributed by atoms with Crippen molar-refractivity contribution in [2.24, 2.45) is 0 Å². The number of aryl methyl sites for hydroxylation is 1. The van der Waals surface area contributed by atoms with Gasteiger partial charge in [0.25, 0.3) is 0 Å². The fraction of sp³-hybridized carbons (Fsp3) is 0.231. The lowest BCUT2D eigenvalue weighted by Gasteiger charge is -2.32. The van der Waals surface area contributed by atoms with Gasteiger partial charge in [-0.2, -0.15) is 0 Å². The van der Waals surface area contributed by atoms with E-state index < -0.39 is 10.8 Å². The molecule has 1 aromatic heterocycles. The summed E-state index contributed by atoms with van der Waals surface area (Å²) in [5.74, 6) is 0.850. The zero-order valence-electron chi connectivity index (χ0n) is 18.2. The van der Waals surface area contributed by atoms with E-state index >= 15 is 0 Å². The van der Waals surface area contributed by atoms with Crippen LogP contribution in [0.3, 0.4) is 0 Å². The molecule has 0 saturated carbocycles. The summed E-state index contributed by atoms with van der Waals surface area (Å²) in [6, 6.07) is 22.8. The van der Waals surface area contributed by atoms with E-state index in [1.807, 2.05) is 25.1 Å². The number of hydrogen-bond donors (Lipinski definition) is 0. The van der Waals surface area contributed by atoms with Crippen molar-refractivity contribution in [1.82, 2.24) is 9.97 Å². The van der Waals surface area contributed by atoms with Crippen molar-refractivity contribution in [2.45, 2.75) is 31.7 Å². The Morgan fingerprint density at radius 1 is 1.03 bits per heavy atom. The van der Waals surface area contributed by atoms with Gasteiger partial charge in [0.05, 0.1) is 23.0 Å². The molecule has 162 valence electrons. The minimum Gasteiger partial charge on any atom is -0.489 e. The monoisotopic (exact) mass is 443 g/mol. The highest BCUT2D eigenvalue weighted by Crippen LogP contribution is 2.35. The number of rotatable bonds is 5. The lowest BCUT2D eigenvalue weighted by atomic mass is 10.0. The summed E-state index contributed by atoms with van der Waals surface area (Å²) in [4.78, 5) is 11.4. The van der Waals surface area contributed by atoms with E-state index in [-0.39, 0.29) is 0 Å². The van der Waals surface area contributed by atoms with Crippen molar-refractivity contribution in [1.29, 1.82) is 0 Å². The predicted molar refractivity (Wildman–Crippen MR) is 129 cm³/mol. The van der Waals surface area contributed by atoms with Gasteiger partial charge in [-0.05, 0) is 35.9 Å². The maximum absolute atomic E-state index is 12.0. The fourth-order valence-electron chi connectivity index (χ4n) is 4.27. The maximum atomic E-state index is 12.0. The highest BCUT2D eigenvalue weighted by molar-refractivity contribution is 7.84. The van der Waals surface area contributed by atoms with Crippen molar-refractivity contribution in [3.05, 3.63) is 89.2 Å². The molecule has 0 spiro atoms.